The zero-order valence-corrected chi connectivity index (χ0v) is 12.0. The number of aliphatic carboxylic acids is 1. The van der Waals surface area contributed by atoms with Crippen LogP contribution in [0.5, 0.6) is 11.5 Å². The zero-order chi connectivity index (χ0) is 14.8. The first-order valence-corrected chi connectivity index (χ1v) is 5.94. The van der Waals surface area contributed by atoms with E-state index in [-0.39, 0.29) is 22.9 Å². The topological polar surface area (TPSA) is 55.8 Å². The fourth-order valence-corrected chi connectivity index (χ4v) is 2.14. The summed E-state index contributed by atoms with van der Waals surface area (Å²) < 4.78 is 23.9. The molecule has 0 aliphatic carbocycles. The Hall–Kier alpha value is -1.49. The highest BCUT2D eigenvalue weighted by Gasteiger charge is 2.31. The molecule has 0 fully saturated rings. The normalized spacial score (nSPS) is 11.3. The minimum absolute atomic E-state index is 0.122. The molecule has 4 nitrogen and oxygen atoms in total. The van der Waals surface area contributed by atoms with E-state index < -0.39 is 17.2 Å². The van der Waals surface area contributed by atoms with E-state index in [4.69, 9.17) is 26.2 Å². The summed E-state index contributed by atoms with van der Waals surface area (Å²) in [6.07, 6.45) is -0.144. The Morgan fingerprint density at radius 1 is 1.37 bits per heavy atom. The molecule has 0 bridgehead atoms. The van der Waals surface area contributed by atoms with Gasteiger partial charge in [0.1, 0.15) is 0 Å². The van der Waals surface area contributed by atoms with Crippen LogP contribution in [0.2, 0.25) is 5.02 Å². The molecule has 1 aromatic carbocycles. The van der Waals surface area contributed by atoms with Crippen LogP contribution in [-0.2, 0) is 10.2 Å². The smallest absolute Gasteiger partial charge is 0.304 e. The first-order chi connectivity index (χ1) is 8.74. The average Bonchev–Trinajstić information content (AvgIpc) is 2.29. The summed E-state index contributed by atoms with van der Waals surface area (Å²) in [5.74, 6) is -1.65. The number of hydrogen-bond acceptors (Lipinski definition) is 3. The molecule has 6 heteroatoms. The van der Waals surface area contributed by atoms with Crippen LogP contribution in [0.3, 0.4) is 0 Å². The van der Waals surface area contributed by atoms with Gasteiger partial charge in [0.15, 0.2) is 17.3 Å². The van der Waals surface area contributed by atoms with Crippen molar-refractivity contribution in [2.24, 2.45) is 0 Å². The number of carbonyl (C=O) groups is 1. The van der Waals surface area contributed by atoms with Crippen LogP contribution in [-0.4, -0.2) is 25.3 Å². The van der Waals surface area contributed by atoms with Gasteiger partial charge in [0.25, 0.3) is 0 Å². The predicted molar refractivity (Wildman–Crippen MR) is 69.8 cm³/mol. The third-order valence-electron chi connectivity index (χ3n) is 2.86. The van der Waals surface area contributed by atoms with Crippen molar-refractivity contribution in [2.75, 3.05) is 14.2 Å². The summed E-state index contributed by atoms with van der Waals surface area (Å²) in [7, 11) is 2.66. The molecular weight excluding hydrogens is 275 g/mol. The summed E-state index contributed by atoms with van der Waals surface area (Å²) in [6, 6.07) is 1.38. The Morgan fingerprint density at radius 2 is 1.89 bits per heavy atom. The van der Waals surface area contributed by atoms with E-state index in [1.165, 1.54) is 20.3 Å². The highest BCUT2D eigenvalue weighted by Crippen LogP contribution is 2.44. The van der Waals surface area contributed by atoms with Crippen molar-refractivity contribution in [1.82, 2.24) is 0 Å². The molecule has 0 saturated heterocycles. The zero-order valence-electron chi connectivity index (χ0n) is 11.2. The van der Waals surface area contributed by atoms with Crippen LogP contribution in [0.1, 0.15) is 25.8 Å². The minimum Gasteiger partial charge on any atom is -0.492 e. The maximum atomic E-state index is 13.8. The second kappa shape index (κ2) is 5.65. The van der Waals surface area contributed by atoms with Crippen molar-refractivity contribution in [1.29, 1.82) is 0 Å². The fourth-order valence-electron chi connectivity index (χ4n) is 1.95. The quantitative estimate of drug-likeness (QED) is 0.904. The fraction of sp³-hybridized carbons (Fsp3) is 0.462. The Bertz CT molecular complexity index is 500. The van der Waals surface area contributed by atoms with Crippen LogP contribution in [0.25, 0.3) is 0 Å². The summed E-state index contributed by atoms with van der Waals surface area (Å²) in [4.78, 5) is 10.9. The second-order valence-electron chi connectivity index (χ2n) is 4.74. The van der Waals surface area contributed by atoms with Gasteiger partial charge in [-0.1, -0.05) is 25.4 Å². The summed E-state index contributed by atoms with van der Waals surface area (Å²) in [6.45, 7) is 3.43. The molecule has 0 heterocycles. The Labute approximate surface area is 116 Å². The first-order valence-electron chi connectivity index (χ1n) is 5.56. The standard InChI is InChI=1S/C13H16ClFO4/c1-13(2,6-9(16)17)7-5-8(14)10(15)12(19-4)11(7)18-3/h5H,6H2,1-4H3,(H,16,17). The highest BCUT2D eigenvalue weighted by molar-refractivity contribution is 6.31. The number of hydrogen-bond donors (Lipinski definition) is 1. The van der Waals surface area contributed by atoms with Gasteiger partial charge in [-0.15, -0.1) is 0 Å². The van der Waals surface area contributed by atoms with Crippen LogP contribution in [0.15, 0.2) is 6.07 Å². The van der Waals surface area contributed by atoms with Gasteiger partial charge < -0.3 is 14.6 Å². The van der Waals surface area contributed by atoms with Crippen molar-refractivity contribution in [2.45, 2.75) is 25.7 Å². The molecule has 0 unspecified atom stereocenters. The van der Waals surface area contributed by atoms with Gasteiger partial charge in [0, 0.05) is 11.0 Å². The third-order valence-corrected chi connectivity index (χ3v) is 3.14. The number of halogens is 2. The lowest BCUT2D eigenvalue weighted by atomic mass is 9.81. The molecule has 0 aromatic heterocycles. The van der Waals surface area contributed by atoms with Crippen LogP contribution >= 0.6 is 11.6 Å². The summed E-state index contributed by atoms with van der Waals surface area (Å²) in [5.41, 5.74) is -0.289. The van der Waals surface area contributed by atoms with E-state index in [9.17, 15) is 9.18 Å². The second-order valence-corrected chi connectivity index (χ2v) is 5.15. The Kier molecular flexibility index (Phi) is 4.63. The van der Waals surface area contributed by atoms with Crippen molar-refractivity contribution >= 4 is 17.6 Å². The maximum absolute atomic E-state index is 13.8. The molecular formula is C13H16ClFO4. The number of benzene rings is 1. The number of methoxy groups -OCH3 is 2. The van der Waals surface area contributed by atoms with E-state index in [2.05, 4.69) is 0 Å². The van der Waals surface area contributed by atoms with Gasteiger partial charge in [-0.2, -0.15) is 0 Å². The Morgan fingerprint density at radius 3 is 2.32 bits per heavy atom. The first kappa shape index (κ1) is 15.6. The molecule has 0 aliphatic rings. The van der Waals surface area contributed by atoms with Gasteiger partial charge in [0.2, 0.25) is 0 Å². The molecule has 106 valence electrons. The molecule has 19 heavy (non-hydrogen) atoms. The molecule has 0 atom stereocenters. The molecule has 0 aliphatic heterocycles. The molecule has 0 amide bonds. The van der Waals surface area contributed by atoms with Gasteiger partial charge in [-0.3, -0.25) is 4.79 Å². The van der Waals surface area contributed by atoms with E-state index in [1.807, 2.05) is 0 Å². The number of carboxylic acid groups (broad SMARTS) is 1. The van der Waals surface area contributed by atoms with Gasteiger partial charge in [0.05, 0.1) is 25.7 Å². The van der Waals surface area contributed by atoms with E-state index in [1.54, 1.807) is 13.8 Å². The van der Waals surface area contributed by atoms with Crippen LogP contribution < -0.4 is 9.47 Å². The minimum atomic E-state index is -0.966. The van der Waals surface area contributed by atoms with E-state index >= 15 is 0 Å². The largest absolute Gasteiger partial charge is 0.492 e. The SMILES string of the molecule is COc1c(C(C)(C)CC(=O)O)cc(Cl)c(F)c1OC. The lowest BCUT2D eigenvalue weighted by molar-refractivity contribution is -0.138. The molecule has 0 spiro atoms. The molecule has 0 saturated carbocycles. The van der Waals surface area contributed by atoms with E-state index in [0.29, 0.717) is 5.56 Å². The van der Waals surface area contributed by atoms with Gasteiger partial charge >= 0.3 is 5.97 Å². The van der Waals surface area contributed by atoms with Crippen molar-refractivity contribution < 1.29 is 23.8 Å². The summed E-state index contributed by atoms with van der Waals surface area (Å²) >= 11 is 5.81. The van der Waals surface area contributed by atoms with Gasteiger partial charge in [-0.25, -0.2) is 4.39 Å². The Balaban J connectivity index is 3.50. The summed E-state index contributed by atoms with van der Waals surface area (Å²) in [5, 5.41) is 8.81. The molecule has 0 radical (unpaired) electrons. The molecule has 1 aromatic rings. The van der Waals surface area contributed by atoms with Crippen LogP contribution in [0, 0.1) is 5.82 Å². The van der Waals surface area contributed by atoms with Crippen molar-refractivity contribution in [3.8, 4) is 11.5 Å². The average molecular weight is 291 g/mol. The van der Waals surface area contributed by atoms with Crippen LogP contribution in [0.4, 0.5) is 4.39 Å². The lowest BCUT2D eigenvalue weighted by Crippen LogP contribution is -2.23. The number of rotatable bonds is 5. The molecule has 1 N–H and O–H groups in total. The van der Waals surface area contributed by atoms with Crippen molar-refractivity contribution in [3.05, 3.63) is 22.5 Å². The van der Waals surface area contributed by atoms with Crippen molar-refractivity contribution in [3.63, 3.8) is 0 Å². The predicted octanol–water partition coefficient (Wildman–Crippen LogP) is 3.25. The third kappa shape index (κ3) is 3.10. The number of ether oxygens (including phenoxy) is 2. The highest BCUT2D eigenvalue weighted by atomic mass is 35.5. The number of carboxylic acids is 1. The van der Waals surface area contributed by atoms with E-state index in [0.717, 1.165) is 0 Å². The monoisotopic (exact) mass is 290 g/mol. The maximum Gasteiger partial charge on any atom is 0.304 e. The lowest BCUT2D eigenvalue weighted by Gasteiger charge is -2.26. The van der Waals surface area contributed by atoms with Gasteiger partial charge in [-0.05, 0) is 6.07 Å². The molecule has 1 rings (SSSR count).